The molecule has 2 aromatic heterocycles. The van der Waals surface area contributed by atoms with Gasteiger partial charge in [0.1, 0.15) is 17.0 Å². The molecule has 0 spiro atoms. The average Bonchev–Trinajstić information content (AvgIpc) is 2.90. The summed E-state index contributed by atoms with van der Waals surface area (Å²) in [5.41, 5.74) is 0.842. The van der Waals surface area contributed by atoms with Crippen LogP contribution < -0.4 is 10.6 Å². The number of carbonyl (C=O) groups excluding carboxylic acids is 1. The number of ether oxygens (including phenoxy) is 1. The molecule has 2 rings (SSSR count). The molecular formula is C15H22N4O3S. The molecule has 0 aliphatic rings. The van der Waals surface area contributed by atoms with Crippen molar-refractivity contribution in [2.45, 2.75) is 26.4 Å². The van der Waals surface area contributed by atoms with Gasteiger partial charge in [-0.2, -0.15) is 0 Å². The topological polar surface area (TPSA) is 96.4 Å². The lowest BCUT2D eigenvalue weighted by Gasteiger charge is -2.09. The van der Waals surface area contributed by atoms with E-state index in [0.29, 0.717) is 30.3 Å². The number of carbonyl (C=O) groups is 1. The van der Waals surface area contributed by atoms with Gasteiger partial charge in [0.2, 0.25) is 0 Å². The number of rotatable bonds is 8. The first-order valence-corrected chi connectivity index (χ1v) is 8.33. The molecule has 0 aromatic carbocycles. The number of anilines is 1. The van der Waals surface area contributed by atoms with Crippen molar-refractivity contribution < 1.29 is 14.6 Å². The Morgan fingerprint density at radius 2 is 2.26 bits per heavy atom. The molecule has 1 atom stereocenters. The molecule has 0 unspecified atom stereocenters. The maximum atomic E-state index is 12.3. The third-order valence-corrected chi connectivity index (χ3v) is 4.70. The van der Waals surface area contributed by atoms with Gasteiger partial charge in [0.25, 0.3) is 5.91 Å². The molecule has 2 heterocycles. The molecular weight excluding hydrogens is 316 g/mol. The van der Waals surface area contributed by atoms with Gasteiger partial charge < -0.3 is 20.5 Å². The highest BCUT2D eigenvalue weighted by Gasteiger charge is 2.19. The summed E-state index contributed by atoms with van der Waals surface area (Å²) in [5, 5.41) is 16.4. The first-order chi connectivity index (χ1) is 11.1. The predicted molar refractivity (Wildman–Crippen MR) is 91.1 cm³/mol. The Kier molecular flexibility index (Phi) is 6.26. The van der Waals surface area contributed by atoms with Crippen LogP contribution in [0, 0.1) is 6.92 Å². The zero-order valence-corrected chi connectivity index (χ0v) is 14.4. The van der Waals surface area contributed by atoms with Crippen LogP contribution in [0.25, 0.3) is 10.2 Å². The van der Waals surface area contributed by atoms with Gasteiger partial charge in [-0.3, -0.25) is 4.79 Å². The normalized spacial score (nSPS) is 12.3. The van der Waals surface area contributed by atoms with Gasteiger partial charge in [-0.15, -0.1) is 11.3 Å². The van der Waals surface area contributed by atoms with E-state index in [-0.39, 0.29) is 12.5 Å². The lowest BCUT2D eigenvalue weighted by molar-refractivity contribution is 0.0917. The van der Waals surface area contributed by atoms with E-state index in [2.05, 4.69) is 20.6 Å². The summed E-state index contributed by atoms with van der Waals surface area (Å²) in [6.45, 7) is 5.19. The zero-order valence-electron chi connectivity index (χ0n) is 13.5. The van der Waals surface area contributed by atoms with E-state index in [1.165, 1.54) is 17.7 Å². The molecule has 2 aromatic rings. The summed E-state index contributed by atoms with van der Waals surface area (Å²) in [5.74, 6) is 0.509. The van der Waals surface area contributed by atoms with Gasteiger partial charge in [0, 0.05) is 20.2 Å². The first kappa shape index (κ1) is 17.6. The highest BCUT2D eigenvalue weighted by molar-refractivity contribution is 7.20. The lowest BCUT2D eigenvalue weighted by atomic mass is 10.2. The van der Waals surface area contributed by atoms with Crippen LogP contribution in [-0.4, -0.2) is 53.9 Å². The maximum Gasteiger partial charge on any atom is 0.261 e. The van der Waals surface area contributed by atoms with E-state index in [4.69, 9.17) is 4.74 Å². The minimum absolute atomic E-state index is 0.194. The van der Waals surface area contributed by atoms with E-state index in [0.717, 1.165) is 15.8 Å². The molecule has 0 aliphatic heterocycles. The molecule has 126 valence electrons. The van der Waals surface area contributed by atoms with E-state index in [9.17, 15) is 9.90 Å². The summed E-state index contributed by atoms with van der Waals surface area (Å²) in [6, 6.07) is 0. The summed E-state index contributed by atoms with van der Waals surface area (Å²) in [6.07, 6.45) is 1.56. The Bertz CT molecular complexity index is 674. The molecule has 7 nitrogen and oxygen atoms in total. The highest BCUT2D eigenvalue weighted by atomic mass is 32.1. The Labute approximate surface area is 139 Å². The van der Waals surface area contributed by atoms with Crippen molar-refractivity contribution in [2.24, 2.45) is 0 Å². The zero-order chi connectivity index (χ0) is 16.8. The van der Waals surface area contributed by atoms with Crippen LogP contribution in [0.15, 0.2) is 6.33 Å². The fourth-order valence-corrected chi connectivity index (χ4v) is 3.19. The Morgan fingerprint density at radius 1 is 1.48 bits per heavy atom. The Morgan fingerprint density at radius 3 is 2.96 bits per heavy atom. The summed E-state index contributed by atoms with van der Waals surface area (Å²) in [4.78, 5) is 22.2. The smallest absolute Gasteiger partial charge is 0.261 e. The van der Waals surface area contributed by atoms with Crippen LogP contribution in [0.3, 0.4) is 0 Å². The number of fused-ring (bicyclic) bond motifs is 1. The number of hydrogen-bond acceptors (Lipinski definition) is 7. The van der Waals surface area contributed by atoms with Crippen LogP contribution in [0.4, 0.5) is 5.82 Å². The van der Waals surface area contributed by atoms with E-state index < -0.39 is 6.10 Å². The SMILES string of the molecule is CC[C@H](O)CNC(=O)c1sc2ncnc(NCCOC)c2c1C. The molecule has 1 amide bonds. The van der Waals surface area contributed by atoms with Gasteiger partial charge in [-0.05, 0) is 18.9 Å². The Hall–Kier alpha value is -1.77. The molecule has 0 saturated carbocycles. The number of nitrogens with one attached hydrogen (secondary N) is 2. The third kappa shape index (κ3) is 4.15. The van der Waals surface area contributed by atoms with Gasteiger partial charge in [0.15, 0.2) is 0 Å². The molecule has 23 heavy (non-hydrogen) atoms. The van der Waals surface area contributed by atoms with Crippen LogP contribution in [0.5, 0.6) is 0 Å². The number of amides is 1. The number of aryl methyl sites for hydroxylation is 1. The molecule has 8 heteroatoms. The number of hydrogen-bond donors (Lipinski definition) is 3. The lowest BCUT2D eigenvalue weighted by Crippen LogP contribution is -2.31. The average molecular weight is 338 g/mol. The number of aliphatic hydroxyl groups excluding tert-OH is 1. The van der Waals surface area contributed by atoms with Crippen LogP contribution in [-0.2, 0) is 4.74 Å². The van der Waals surface area contributed by atoms with Crippen molar-refractivity contribution in [1.82, 2.24) is 15.3 Å². The predicted octanol–water partition coefficient (Wildman–Crippen LogP) is 1.56. The third-order valence-electron chi connectivity index (χ3n) is 3.50. The fraction of sp³-hybridized carbons (Fsp3) is 0.533. The van der Waals surface area contributed by atoms with E-state index >= 15 is 0 Å². The number of aromatic nitrogens is 2. The second-order valence-electron chi connectivity index (χ2n) is 5.15. The van der Waals surface area contributed by atoms with Gasteiger partial charge in [0.05, 0.1) is 23.0 Å². The minimum Gasteiger partial charge on any atom is -0.391 e. The van der Waals surface area contributed by atoms with Crippen molar-refractivity contribution in [1.29, 1.82) is 0 Å². The molecule has 0 aliphatic carbocycles. The summed E-state index contributed by atoms with van der Waals surface area (Å²) < 4.78 is 5.02. The van der Waals surface area contributed by atoms with E-state index in [1.54, 1.807) is 7.11 Å². The van der Waals surface area contributed by atoms with Crippen LogP contribution >= 0.6 is 11.3 Å². The van der Waals surface area contributed by atoms with Crippen LogP contribution in [0.1, 0.15) is 28.6 Å². The Balaban J connectivity index is 2.23. The summed E-state index contributed by atoms with van der Waals surface area (Å²) >= 11 is 1.33. The first-order valence-electron chi connectivity index (χ1n) is 7.51. The van der Waals surface area contributed by atoms with E-state index in [1.807, 2.05) is 13.8 Å². The standard InChI is InChI=1S/C15H22N4O3S/c1-4-10(20)7-17-14(21)12-9(2)11-13(16-5-6-22-3)18-8-19-15(11)23-12/h8,10,20H,4-7H2,1-3H3,(H,17,21)(H,16,18,19)/t10-/m0/s1. The van der Waals surface area contributed by atoms with Gasteiger partial charge in [-0.1, -0.05) is 6.92 Å². The van der Waals surface area contributed by atoms with Crippen molar-refractivity contribution in [3.05, 3.63) is 16.8 Å². The molecule has 0 radical (unpaired) electrons. The fourth-order valence-electron chi connectivity index (χ4n) is 2.13. The van der Waals surface area contributed by atoms with Gasteiger partial charge in [-0.25, -0.2) is 9.97 Å². The second kappa shape index (κ2) is 8.19. The molecule has 0 bridgehead atoms. The van der Waals surface area contributed by atoms with Crippen molar-refractivity contribution in [3.63, 3.8) is 0 Å². The second-order valence-corrected chi connectivity index (χ2v) is 6.15. The number of aliphatic hydroxyl groups is 1. The quantitative estimate of drug-likeness (QED) is 0.632. The van der Waals surface area contributed by atoms with Gasteiger partial charge >= 0.3 is 0 Å². The maximum absolute atomic E-state index is 12.3. The molecule has 3 N–H and O–H groups in total. The monoisotopic (exact) mass is 338 g/mol. The van der Waals surface area contributed by atoms with Crippen molar-refractivity contribution >= 4 is 33.3 Å². The molecule has 0 fully saturated rings. The molecule has 0 saturated heterocycles. The number of methoxy groups -OCH3 is 1. The summed E-state index contributed by atoms with van der Waals surface area (Å²) in [7, 11) is 1.64. The van der Waals surface area contributed by atoms with Crippen molar-refractivity contribution in [3.8, 4) is 0 Å². The van der Waals surface area contributed by atoms with Crippen molar-refractivity contribution in [2.75, 3.05) is 32.1 Å². The largest absolute Gasteiger partial charge is 0.391 e. The highest BCUT2D eigenvalue weighted by Crippen LogP contribution is 2.33. The number of thiophene rings is 1. The minimum atomic E-state index is -0.528. The number of nitrogens with zero attached hydrogens (tertiary/aromatic N) is 2. The van der Waals surface area contributed by atoms with Crippen LogP contribution in [0.2, 0.25) is 0 Å².